The molecule has 1 amide bonds. The zero-order valence-corrected chi connectivity index (χ0v) is 20.2. The van der Waals surface area contributed by atoms with E-state index in [0.717, 1.165) is 17.7 Å². The minimum absolute atomic E-state index is 0.0293. The summed E-state index contributed by atoms with van der Waals surface area (Å²) in [5, 5.41) is 4.93. The predicted octanol–water partition coefficient (Wildman–Crippen LogP) is 6.69. The number of carbonyl (C=O) groups excluding carboxylic acids is 1. The molecule has 2 fully saturated rings. The largest absolute Gasteiger partial charge is 0.444 e. The van der Waals surface area contributed by atoms with E-state index in [0.29, 0.717) is 32.6 Å². The van der Waals surface area contributed by atoms with Crippen LogP contribution in [-0.2, 0) is 16.1 Å². The summed E-state index contributed by atoms with van der Waals surface area (Å²) in [7, 11) is 0. The number of alkyl halides is 2. The summed E-state index contributed by atoms with van der Waals surface area (Å²) < 4.78 is 46.3. The third-order valence-electron chi connectivity index (χ3n) is 5.58. The molecule has 1 aromatic heterocycles. The highest BCUT2D eigenvalue weighted by Gasteiger charge is 2.48. The molecule has 1 saturated carbocycles. The molecule has 2 aromatic rings. The second-order valence-electron chi connectivity index (χ2n) is 9.50. The number of amides is 1. The number of rotatable bonds is 5. The van der Waals surface area contributed by atoms with Gasteiger partial charge in [0.15, 0.2) is 0 Å². The molecule has 4 rings (SSSR count). The van der Waals surface area contributed by atoms with Gasteiger partial charge in [0, 0.05) is 23.6 Å². The second kappa shape index (κ2) is 9.04. The topological polar surface area (TPSA) is 64.8 Å². The van der Waals surface area contributed by atoms with E-state index in [2.05, 4.69) is 5.16 Å². The second-order valence-corrected chi connectivity index (χ2v) is 10.3. The van der Waals surface area contributed by atoms with Crippen molar-refractivity contribution in [2.75, 3.05) is 13.1 Å². The molecule has 0 spiro atoms. The minimum Gasteiger partial charge on any atom is -0.444 e. The lowest BCUT2D eigenvalue weighted by atomic mass is 10.0. The first-order valence-electron chi connectivity index (χ1n) is 10.9. The molecule has 180 valence electrons. The molecule has 0 N–H and O–H groups in total. The van der Waals surface area contributed by atoms with Crippen LogP contribution >= 0.6 is 23.2 Å². The highest BCUT2D eigenvalue weighted by molar-refractivity contribution is 6.39. The van der Waals surface area contributed by atoms with E-state index in [9.17, 15) is 13.6 Å². The molecule has 0 bridgehead atoms. The molecule has 1 atom stereocenters. The van der Waals surface area contributed by atoms with Crippen LogP contribution in [0.4, 0.5) is 13.6 Å². The van der Waals surface area contributed by atoms with Crippen molar-refractivity contribution in [3.63, 3.8) is 0 Å². The number of piperidine rings is 1. The van der Waals surface area contributed by atoms with E-state index in [1.165, 1.54) is 0 Å². The van der Waals surface area contributed by atoms with E-state index in [1.807, 2.05) is 0 Å². The summed E-state index contributed by atoms with van der Waals surface area (Å²) in [5.41, 5.74) is 0.713. The Bertz CT molecular complexity index is 1010. The van der Waals surface area contributed by atoms with Crippen LogP contribution in [0.1, 0.15) is 57.3 Å². The lowest BCUT2D eigenvalue weighted by Crippen LogP contribution is -2.55. The first-order valence-corrected chi connectivity index (χ1v) is 11.6. The molecule has 2 heterocycles. The first-order chi connectivity index (χ1) is 15.5. The van der Waals surface area contributed by atoms with Gasteiger partial charge in [-0.2, -0.15) is 0 Å². The molecule has 1 unspecified atom stereocenters. The molecule has 1 saturated heterocycles. The number of carbonyl (C=O) groups is 1. The molecule has 10 heteroatoms. The van der Waals surface area contributed by atoms with Crippen molar-refractivity contribution in [2.45, 2.75) is 70.2 Å². The Hall–Kier alpha value is -1.90. The maximum Gasteiger partial charge on any atom is 0.410 e. The van der Waals surface area contributed by atoms with Gasteiger partial charge >= 0.3 is 6.09 Å². The fourth-order valence-corrected chi connectivity index (χ4v) is 4.42. The van der Waals surface area contributed by atoms with Crippen LogP contribution in [0.5, 0.6) is 0 Å². The number of nitrogens with zero attached hydrogens (tertiary/aromatic N) is 2. The smallest absolute Gasteiger partial charge is 0.410 e. The summed E-state index contributed by atoms with van der Waals surface area (Å²) in [6.45, 7) is 4.29. The number of hydrogen-bond donors (Lipinski definition) is 0. The molecular formula is C23H26Cl2F2N2O4. The van der Waals surface area contributed by atoms with E-state index in [4.69, 9.17) is 37.2 Å². The Labute approximate surface area is 201 Å². The molecule has 2 aliphatic rings. The number of ether oxygens (including phenoxy) is 2. The van der Waals surface area contributed by atoms with Crippen molar-refractivity contribution >= 4 is 29.3 Å². The molecule has 0 radical (unpaired) electrons. The lowest BCUT2D eigenvalue weighted by Gasteiger charge is -2.38. The van der Waals surface area contributed by atoms with E-state index in [1.54, 1.807) is 39.0 Å². The SMILES string of the molecule is CC(C)(C)OC(=O)N1CCC(OCc2c(-c3c(Cl)cccc3Cl)noc2C2CC2)C(F)(F)C1. The highest BCUT2D eigenvalue weighted by Crippen LogP contribution is 2.46. The Morgan fingerprint density at radius 3 is 2.48 bits per heavy atom. The third-order valence-corrected chi connectivity index (χ3v) is 6.21. The zero-order chi connectivity index (χ0) is 24.0. The number of halogens is 4. The molecule has 1 aliphatic carbocycles. The van der Waals surface area contributed by atoms with E-state index in [-0.39, 0.29) is 25.5 Å². The van der Waals surface area contributed by atoms with Crippen LogP contribution in [0.25, 0.3) is 11.3 Å². The van der Waals surface area contributed by atoms with E-state index < -0.39 is 30.3 Å². The van der Waals surface area contributed by atoms with Gasteiger partial charge in [-0.1, -0.05) is 34.4 Å². The molecule has 1 aliphatic heterocycles. The minimum atomic E-state index is -3.24. The molecule has 6 nitrogen and oxygen atoms in total. The number of likely N-dealkylation sites (tertiary alicyclic amines) is 1. The van der Waals surface area contributed by atoms with Crippen LogP contribution in [0.15, 0.2) is 22.7 Å². The van der Waals surface area contributed by atoms with Crippen molar-refractivity contribution in [3.8, 4) is 11.3 Å². The average Bonchev–Trinajstić information content (AvgIpc) is 3.46. The highest BCUT2D eigenvalue weighted by atomic mass is 35.5. The quantitative estimate of drug-likeness (QED) is 0.455. The Morgan fingerprint density at radius 2 is 1.91 bits per heavy atom. The normalized spacial score (nSPS) is 20.7. The standard InChI is InChI=1S/C23H26Cl2F2N2O4/c1-22(2,3)32-21(30)29-10-9-17(23(26,27)12-29)31-11-14-19(28-33-20(14)13-7-8-13)18-15(24)5-4-6-16(18)25/h4-6,13,17H,7-12H2,1-3H3. The van der Waals surface area contributed by atoms with Gasteiger partial charge in [-0.05, 0) is 52.2 Å². The van der Waals surface area contributed by atoms with Gasteiger partial charge in [0.2, 0.25) is 0 Å². The maximum absolute atomic E-state index is 14.9. The van der Waals surface area contributed by atoms with Crippen LogP contribution in [0.2, 0.25) is 10.0 Å². The molecular weight excluding hydrogens is 477 g/mol. The Morgan fingerprint density at radius 1 is 1.24 bits per heavy atom. The zero-order valence-electron chi connectivity index (χ0n) is 18.7. The van der Waals surface area contributed by atoms with Gasteiger partial charge in [0.25, 0.3) is 5.92 Å². The maximum atomic E-state index is 14.9. The Kier molecular flexibility index (Phi) is 6.64. The first kappa shape index (κ1) is 24.2. The summed E-state index contributed by atoms with van der Waals surface area (Å²) in [6.07, 6.45) is -0.289. The number of aromatic nitrogens is 1. The van der Waals surface area contributed by atoms with Crippen LogP contribution in [0.3, 0.4) is 0 Å². The molecule has 1 aromatic carbocycles. The van der Waals surface area contributed by atoms with Crippen LogP contribution in [-0.4, -0.2) is 46.9 Å². The monoisotopic (exact) mass is 502 g/mol. The fraction of sp³-hybridized carbons (Fsp3) is 0.565. The third kappa shape index (κ3) is 5.44. The van der Waals surface area contributed by atoms with E-state index >= 15 is 0 Å². The Balaban J connectivity index is 1.51. The number of hydrogen-bond acceptors (Lipinski definition) is 5. The summed E-state index contributed by atoms with van der Waals surface area (Å²) in [5.74, 6) is -2.44. The van der Waals surface area contributed by atoms with Gasteiger partial charge in [-0.25, -0.2) is 13.6 Å². The van der Waals surface area contributed by atoms with Crippen LogP contribution < -0.4 is 0 Å². The molecule has 33 heavy (non-hydrogen) atoms. The summed E-state index contributed by atoms with van der Waals surface area (Å²) in [6, 6.07) is 5.07. The van der Waals surface area contributed by atoms with Crippen molar-refractivity contribution in [1.29, 1.82) is 0 Å². The summed E-state index contributed by atoms with van der Waals surface area (Å²) in [4.78, 5) is 13.3. The lowest BCUT2D eigenvalue weighted by molar-refractivity contribution is -0.174. The van der Waals surface area contributed by atoms with Gasteiger partial charge < -0.3 is 18.9 Å². The predicted molar refractivity (Wildman–Crippen MR) is 120 cm³/mol. The van der Waals surface area contributed by atoms with Crippen molar-refractivity contribution in [1.82, 2.24) is 10.1 Å². The van der Waals surface area contributed by atoms with Crippen molar-refractivity contribution < 1.29 is 27.6 Å². The van der Waals surface area contributed by atoms with Gasteiger partial charge in [-0.15, -0.1) is 0 Å². The van der Waals surface area contributed by atoms with Crippen molar-refractivity contribution in [3.05, 3.63) is 39.6 Å². The summed E-state index contributed by atoms with van der Waals surface area (Å²) >= 11 is 12.7. The van der Waals surface area contributed by atoms with Gasteiger partial charge in [0.1, 0.15) is 23.2 Å². The fourth-order valence-electron chi connectivity index (χ4n) is 3.84. The number of benzene rings is 1. The van der Waals surface area contributed by atoms with Crippen LogP contribution in [0, 0.1) is 0 Å². The van der Waals surface area contributed by atoms with Gasteiger partial charge in [-0.3, -0.25) is 0 Å². The van der Waals surface area contributed by atoms with Gasteiger partial charge in [0.05, 0.1) is 23.2 Å². The van der Waals surface area contributed by atoms with Crippen molar-refractivity contribution in [2.24, 2.45) is 0 Å². The average molecular weight is 503 g/mol.